The molecule has 0 aliphatic rings. The maximum Gasteiger partial charge on any atom is 0.414 e. The highest BCUT2D eigenvalue weighted by atomic mass is 19.4. The van der Waals surface area contributed by atoms with Crippen molar-refractivity contribution in [1.29, 1.82) is 0 Å². The largest absolute Gasteiger partial charge is 0.494 e. The third kappa shape index (κ3) is 4.21. The molecule has 0 radical (unpaired) electrons. The van der Waals surface area contributed by atoms with Crippen LogP contribution in [0.1, 0.15) is 10.4 Å². The average molecular weight is 267 g/mol. The summed E-state index contributed by atoms with van der Waals surface area (Å²) in [6.45, 7) is -1.63. The van der Waals surface area contributed by atoms with Crippen LogP contribution in [0.2, 0.25) is 0 Å². The minimum Gasteiger partial charge on any atom is -0.494 e. The van der Waals surface area contributed by atoms with Gasteiger partial charge in [-0.15, -0.1) is 0 Å². The van der Waals surface area contributed by atoms with E-state index in [2.05, 4.69) is 9.57 Å². The molecule has 1 rings (SSSR count). The number of hydrogen-bond donors (Lipinski definition) is 1. The van der Waals surface area contributed by atoms with Gasteiger partial charge >= 0.3 is 6.18 Å². The number of hydroxylamine groups is 1. The van der Waals surface area contributed by atoms with Crippen molar-refractivity contribution in [1.82, 2.24) is 5.48 Å². The van der Waals surface area contributed by atoms with Gasteiger partial charge in [0.25, 0.3) is 5.91 Å². The van der Waals surface area contributed by atoms with Crippen molar-refractivity contribution in [2.75, 3.05) is 13.7 Å². The van der Waals surface area contributed by atoms with Crippen molar-refractivity contribution in [2.45, 2.75) is 6.18 Å². The molecule has 8 heteroatoms. The first-order valence-electron chi connectivity index (χ1n) is 4.66. The number of alkyl halides is 3. The quantitative estimate of drug-likeness (QED) is 0.671. The smallest absolute Gasteiger partial charge is 0.414 e. The number of carbonyl (C=O) groups is 1. The Bertz CT molecular complexity index is 434. The van der Waals surface area contributed by atoms with Crippen LogP contribution in [0.3, 0.4) is 0 Å². The van der Waals surface area contributed by atoms with Crippen LogP contribution in [0.15, 0.2) is 18.2 Å². The fourth-order valence-corrected chi connectivity index (χ4v) is 1.05. The van der Waals surface area contributed by atoms with Crippen LogP contribution in [-0.2, 0) is 4.84 Å². The molecular formula is C10H9F4NO3. The first-order chi connectivity index (χ1) is 8.33. The fourth-order valence-electron chi connectivity index (χ4n) is 1.05. The summed E-state index contributed by atoms with van der Waals surface area (Å²) in [6.07, 6.45) is -4.56. The summed E-state index contributed by atoms with van der Waals surface area (Å²) in [4.78, 5) is 15.2. The molecule has 1 aromatic rings. The topological polar surface area (TPSA) is 47.6 Å². The number of hydrogen-bond acceptors (Lipinski definition) is 3. The second-order valence-corrected chi connectivity index (χ2v) is 3.18. The van der Waals surface area contributed by atoms with Gasteiger partial charge < -0.3 is 4.74 Å². The third-order valence-electron chi connectivity index (χ3n) is 1.81. The lowest BCUT2D eigenvalue weighted by Crippen LogP contribution is -2.29. The van der Waals surface area contributed by atoms with E-state index in [1.165, 1.54) is 19.2 Å². The van der Waals surface area contributed by atoms with Gasteiger partial charge in [-0.2, -0.15) is 13.2 Å². The Balaban J connectivity index is 2.59. The predicted molar refractivity (Wildman–Crippen MR) is 52.4 cm³/mol. The van der Waals surface area contributed by atoms with Crippen LogP contribution >= 0.6 is 0 Å². The second-order valence-electron chi connectivity index (χ2n) is 3.18. The first-order valence-corrected chi connectivity index (χ1v) is 4.66. The Morgan fingerprint density at radius 3 is 2.56 bits per heavy atom. The Kier molecular flexibility index (Phi) is 4.49. The average Bonchev–Trinajstić information content (AvgIpc) is 2.27. The number of carbonyl (C=O) groups excluding carboxylic acids is 1. The van der Waals surface area contributed by atoms with E-state index in [9.17, 15) is 22.4 Å². The molecular weight excluding hydrogens is 258 g/mol. The molecule has 4 nitrogen and oxygen atoms in total. The molecule has 0 fully saturated rings. The van der Waals surface area contributed by atoms with Gasteiger partial charge in [-0.1, -0.05) is 0 Å². The second kappa shape index (κ2) is 5.67. The molecule has 0 heterocycles. The maximum absolute atomic E-state index is 13.2. The zero-order valence-electron chi connectivity index (χ0n) is 9.18. The van der Waals surface area contributed by atoms with Gasteiger partial charge in [0.15, 0.2) is 18.2 Å². The molecule has 1 amide bonds. The number of ether oxygens (including phenoxy) is 1. The van der Waals surface area contributed by atoms with Gasteiger partial charge in [-0.25, -0.2) is 9.87 Å². The van der Waals surface area contributed by atoms with Crippen molar-refractivity contribution in [3.8, 4) is 5.75 Å². The third-order valence-corrected chi connectivity index (χ3v) is 1.81. The normalized spacial score (nSPS) is 11.2. The molecule has 0 saturated carbocycles. The highest BCUT2D eigenvalue weighted by molar-refractivity contribution is 5.93. The van der Waals surface area contributed by atoms with E-state index in [4.69, 9.17) is 0 Å². The standard InChI is InChI=1S/C10H9F4NO3/c1-17-8-3-2-6(4-7(8)11)9(16)15-18-5-10(12,13)14/h2-4H,5H2,1H3,(H,15,16). The zero-order valence-corrected chi connectivity index (χ0v) is 9.18. The minimum absolute atomic E-state index is 0.0808. The zero-order chi connectivity index (χ0) is 13.8. The summed E-state index contributed by atoms with van der Waals surface area (Å²) in [5.41, 5.74) is 1.37. The van der Waals surface area contributed by atoms with Gasteiger partial charge in [-0.05, 0) is 18.2 Å². The van der Waals surface area contributed by atoms with Crippen LogP contribution in [0.4, 0.5) is 17.6 Å². The maximum atomic E-state index is 13.2. The highest BCUT2D eigenvalue weighted by Gasteiger charge is 2.28. The van der Waals surface area contributed by atoms with Crippen LogP contribution in [0, 0.1) is 5.82 Å². The Morgan fingerprint density at radius 2 is 2.06 bits per heavy atom. The highest BCUT2D eigenvalue weighted by Crippen LogP contribution is 2.18. The molecule has 18 heavy (non-hydrogen) atoms. The van der Waals surface area contributed by atoms with Crippen molar-refractivity contribution >= 4 is 5.91 Å². The Morgan fingerprint density at radius 1 is 1.39 bits per heavy atom. The molecule has 0 aromatic heterocycles. The molecule has 0 unspecified atom stereocenters. The van der Waals surface area contributed by atoms with E-state index in [1.54, 1.807) is 5.48 Å². The molecule has 0 aliphatic heterocycles. The van der Waals surface area contributed by atoms with Crippen molar-refractivity contribution in [2.24, 2.45) is 0 Å². The van der Waals surface area contributed by atoms with E-state index >= 15 is 0 Å². The van der Waals surface area contributed by atoms with Crippen molar-refractivity contribution in [3.05, 3.63) is 29.6 Å². The van der Waals surface area contributed by atoms with Gasteiger partial charge in [0.1, 0.15) is 0 Å². The lowest BCUT2D eigenvalue weighted by Gasteiger charge is -2.09. The number of rotatable bonds is 4. The van der Waals surface area contributed by atoms with Crippen LogP contribution < -0.4 is 10.2 Å². The van der Waals surface area contributed by atoms with Gasteiger partial charge in [0.05, 0.1) is 7.11 Å². The molecule has 0 bridgehead atoms. The van der Waals surface area contributed by atoms with E-state index in [0.29, 0.717) is 0 Å². The van der Waals surface area contributed by atoms with Gasteiger partial charge in [0, 0.05) is 5.56 Å². The molecule has 1 aromatic carbocycles. The van der Waals surface area contributed by atoms with Crippen molar-refractivity contribution < 1.29 is 31.9 Å². The number of halogens is 4. The summed E-state index contributed by atoms with van der Waals surface area (Å²) in [7, 11) is 1.24. The lowest BCUT2D eigenvalue weighted by molar-refractivity contribution is -0.184. The van der Waals surface area contributed by atoms with Crippen LogP contribution in [0.5, 0.6) is 5.75 Å². The van der Waals surface area contributed by atoms with Gasteiger partial charge in [0.2, 0.25) is 0 Å². The summed E-state index contributed by atoms with van der Waals surface area (Å²) < 4.78 is 53.0. The number of amides is 1. The van der Waals surface area contributed by atoms with E-state index < -0.39 is 24.5 Å². The van der Waals surface area contributed by atoms with Gasteiger partial charge in [-0.3, -0.25) is 9.63 Å². The number of nitrogens with one attached hydrogen (secondary N) is 1. The minimum atomic E-state index is -4.56. The Labute approximate surface area is 99.4 Å². The van der Waals surface area contributed by atoms with Crippen LogP contribution in [-0.4, -0.2) is 25.8 Å². The molecule has 0 aliphatic carbocycles. The van der Waals surface area contributed by atoms with Crippen LogP contribution in [0.25, 0.3) is 0 Å². The summed E-state index contributed by atoms with van der Waals surface area (Å²) in [5, 5.41) is 0. The number of benzene rings is 1. The molecule has 100 valence electrons. The Hall–Kier alpha value is -1.83. The van der Waals surface area contributed by atoms with E-state index in [1.807, 2.05) is 0 Å². The lowest BCUT2D eigenvalue weighted by atomic mass is 10.2. The summed E-state index contributed by atoms with van der Waals surface area (Å²) in [5.74, 6) is -1.87. The predicted octanol–water partition coefficient (Wildman–Crippen LogP) is 2.06. The SMILES string of the molecule is COc1ccc(C(=O)NOCC(F)(F)F)cc1F. The summed E-state index contributed by atoms with van der Waals surface area (Å²) in [6, 6.07) is 3.19. The fraction of sp³-hybridized carbons (Fsp3) is 0.300. The first kappa shape index (κ1) is 14.2. The summed E-state index contributed by atoms with van der Waals surface area (Å²) >= 11 is 0. The van der Waals surface area contributed by atoms with E-state index in [-0.39, 0.29) is 11.3 Å². The van der Waals surface area contributed by atoms with E-state index in [0.717, 1.165) is 6.07 Å². The molecule has 0 atom stereocenters. The number of methoxy groups -OCH3 is 1. The molecule has 1 N–H and O–H groups in total. The molecule has 0 saturated heterocycles. The molecule has 0 spiro atoms. The van der Waals surface area contributed by atoms with Crippen molar-refractivity contribution in [3.63, 3.8) is 0 Å². The monoisotopic (exact) mass is 267 g/mol.